The van der Waals surface area contributed by atoms with E-state index in [4.69, 9.17) is 9.72 Å². The Kier molecular flexibility index (Phi) is 4.39. The molecule has 0 atom stereocenters. The van der Waals surface area contributed by atoms with Gasteiger partial charge in [0.1, 0.15) is 5.75 Å². The monoisotopic (exact) mass is 348 g/mol. The molecule has 2 heterocycles. The lowest BCUT2D eigenvalue weighted by Crippen LogP contribution is -2.25. The molecule has 1 amide bonds. The maximum absolute atomic E-state index is 12.9. The third kappa shape index (κ3) is 3.18. The molecule has 0 aliphatic carbocycles. The summed E-state index contributed by atoms with van der Waals surface area (Å²) in [7, 11) is 1.61. The van der Waals surface area contributed by atoms with Crippen molar-refractivity contribution in [2.75, 3.05) is 30.4 Å². The molecule has 3 aromatic rings. The summed E-state index contributed by atoms with van der Waals surface area (Å²) < 4.78 is 5.15. The highest BCUT2D eigenvalue weighted by molar-refractivity contribution is 6.07. The summed E-state index contributed by atoms with van der Waals surface area (Å²) in [4.78, 5) is 24.4. The lowest BCUT2D eigenvalue weighted by atomic mass is 10.2. The fourth-order valence-corrected chi connectivity index (χ4v) is 3.16. The number of ether oxygens (including phenoxy) is 1. The van der Waals surface area contributed by atoms with E-state index in [1.807, 2.05) is 36.4 Å². The number of nitrogens with zero attached hydrogens (tertiary/aromatic N) is 3. The number of anilines is 2. The number of hydrogen-bond acceptors (Lipinski definition) is 5. The van der Waals surface area contributed by atoms with Gasteiger partial charge in [-0.25, -0.2) is 9.97 Å². The zero-order valence-corrected chi connectivity index (χ0v) is 14.6. The van der Waals surface area contributed by atoms with Gasteiger partial charge in [0.15, 0.2) is 11.5 Å². The van der Waals surface area contributed by atoms with Crippen molar-refractivity contribution in [3.63, 3.8) is 0 Å². The van der Waals surface area contributed by atoms with Crippen LogP contribution in [0.4, 0.5) is 11.5 Å². The minimum atomic E-state index is -0.254. The highest BCUT2D eigenvalue weighted by atomic mass is 16.5. The second kappa shape index (κ2) is 7.00. The largest absolute Gasteiger partial charge is 0.497 e. The zero-order chi connectivity index (χ0) is 17.9. The van der Waals surface area contributed by atoms with Crippen molar-refractivity contribution in [2.24, 2.45) is 0 Å². The number of nitrogens with one attached hydrogen (secondary N) is 1. The number of para-hydroxylation sites is 2. The van der Waals surface area contributed by atoms with E-state index in [0.29, 0.717) is 17.2 Å². The van der Waals surface area contributed by atoms with Crippen molar-refractivity contribution >= 4 is 28.4 Å². The van der Waals surface area contributed by atoms with Gasteiger partial charge in [0.2, 0.25) is 0 Å². The molecule has 0 spiro atoms. The second-order valence-electron chi connectivity index (χ2n) is 6.26. The molecule has 1 aromatic heterocycles. The maximum atomic E-state index is 12.9. The molecule has 0 unspecified atom stereocenters. The number of amides is 1. The third-order valence-electron chi connectivity index (χ3n) is 4.52. The number of carbonyl (C=O) groups excluding carboxylic acids is 1. The van der Waals surface area contributed by atoms with Gasteiger partial charge in [-0.05, 0) is 49.2 Å². The number of aromatic nitrogens is 2. The van der Waals surface area contributed by atoms with E-state index < -0.39 is 0 Å². The Labute approximate surface area is 151 Å². The van der Waals surface area contributed by atoms with Crippen LogP contribution >= 0.6 is 0 Å². The molecule has 2 aromatic carbocycles. The second-order valence-corrected chi connectivity index (χ2v) is 6.26. The Bertz CT molecular complexity index is 934. The Morgan fingerprint density at radius 2 is 1.65 bits per heavy atom. The molecule has 26 heavy (non-hydrogen) atoms. The predicted molar refractivity (Wildman–Crippen MR) is 102 cm³/mol. The van der Waals surface area contributed by atoms with Crippen LogP contribution in [0, 0.1) is 0 Å². The van der Waals surface area contributed by atoms with Gasteiger partial charge >= 0.3 is 0 Å². The van der Waals surface area contributed by atoms with E-state index in [1.54, 1.807) is 19.2 Å². The number of fused-ring (bicyclic) bond motifs is 1. The highest BCUT2D eigenvalue weighted by Crippen LogP contribution is 2.25. The van der Waals surface area contributed by atoms with E-state index >= 15 is 0 Å². The van der Waals surface area contributed by atoms with Gasteiger partial charge in [-0.3, -0.25) is 4.79 Å². The van der Waals surface area contributed by atoms with Gasteiger partial charge in [-0.15, -0.1) is 0 Å². The standard InChI is InChI=1S/C20H20N4O2/c1-26-15-10-8-14(9-11-15)21-20(25)18-19(24-12-4-5-13-24)23-17-7-3-2-6-16(17)22-18/h2-3,6-11H,4-5,12-13H2,1H3,(H,21,25). The van der Waals surface area contributed by atoms with E-state index in [1.165, 1.54) is 0 Å². The van der Waals surface area contributed by atoms with Gasteiger partial charge in [0.25, 0.3) is 5.91 Å². The number of hydrogen-bond donors (Lipinski definition) is 1. The maximum Gasteiger partial charge on any atom is 0.278 e. The van der Waals surface area contributed by atoms with Crippen LogP contribution in [-0.4, -0.2) is 36.1 Å². The summed E-state index contributed by atoms with van der Waals surface area (Å²) in [5.74, 6) is 1.15. The van der Waals surface area contributed by atoms with Gasteiger partial charge in [0.05, 0.1) is 18.1 Å². The van der Waals surface area contributed by atoms with Gasteiger partial charge in [-0.1, -0.05) is 12.1 Å². The van der Waals surface area contributed by atoms with Gasteiger partial charge < -0.3 is 15.0 Å². The SMILES string of the molecule is COc1ccc(NC(=O)c2nc3ccccc3nc2N2CCCC2)cc1. The average Bonchev–Trinajstić information content (AvgIpc) is 3.22. The van der Waals surface area contributed by atoms with Crippen molar-refractivity contribution in [2.45, 2.75) is 12.8 Å². The molecule has 1 aliphatic rings. The number of rotatable bonds is 4. The van der Waals surface area contributed by atoms with Crippen LogP contribution in [0.1, 0.15) is 23.3 Å². The van der Waals surface area contributed by atoms with Gasteiger partial charge in [0, 0.05) is 18.8 Å². The third-order valence-corrected chi connectivity index (χ3v) is 4.52. The van der Waals surface area contributed by atoms with Crippen LogP contribution in [0.15, 0.2) is 48.5 Å². The van der Waals surface area contributed by atoms with E-state index in [9.17, 15) is 4.79 Å². The van der Waals surface area contributed by atoms with Crippen LogP contribution in [0.5, 0.6) is 5.75 Å². The summed E-state index contributed by atoms with van der Waals surface area (Å²) in [6.07, 6.45) is 2.21. The van der Waals surface area contributed by atoms with Crippen molar-refractivity contribution in [3.05, 3.63) is 54.2 Å². The fraction of sp³-hybridized carbons (Fsp3) is 0.250. The lowest BCUT2D eigenvalue weighted by molar-refractivity contribution is 0.102. The molecule has 6 heteroatoms. The number of methoxy groups -OCH3 is 1. The summed E-state index contributed by atoms with van der Waals surface area (Å²) >= 11 is 0. The van der Waals surface area contributed by atoms with Crippen molar-refractivity contribution < 1.29 is 9.53 Å². The summed E-state index contributed by atoms with van der Waals surface area (Å²) in [6, 6.07) is 14.9. The Morgan fingerprint density at radius 1 is 1.00 bits per heavy atom. The molecule has 4 rings (SSSR count). The minimum Gasteiger partial charge on any atom is -0.497 e. The molecule has 0 bridgehead atoms. The van der Waals surface area contributed by atoms with Gasteiger partial charge in [-0.2, -0.15) is 0 Å². The Hall–Kier alpha value is -3.15. The van der Waals surface area contributed by atoms with E-state index in [0.717, 1.165) is 42.7 Å². The molecule has 1 saturated heterocycles. The lowest BCUT2D eigenvalue weighted by Gasteiger charge is -2.19. The predicted octanol–water partition coefficient (Wildman–Crippen LogP) is 3.49. The topological polar surface area (TPSA) is 67.3 Å². The minimum absolute atomic E-state index is 0.254. The first-order valence-corrected chi connectivity index (χ1v) is 8.72. The molecule has 6 nitrogen and oxygen atoms in total. The summed E-state index contributed by atoms with van der Waals surface area (Å²) in [5, 5.41) is 2.91. The average molecular weight is 348 g/mol. The highest BCUT2D eigenvalue weighted by Gasteiger charge is 2.23. The summed E-state index contributed by atoms with van der Waals surface area (Å²) in [5.41, 5.74) is 2.57. The normalized spacial score (nSPS) is 13.8. The van der Waals surface area contributed by atoms with Crippen LogP contribution in [-0.2, 0) is 0 Å². The van der Waals surface area contributed by atoms with Crippen molar-refractivity contribution in [3.8, 4) is 5.75 Å². The van der Waals surface area contributed by atoms with Crippen LogP contribution in [0.3, 0.4) is 0 Å². The van der Waals surface area contributed by atoms with Crippen molar-refractivity contribution in [1.29, 1.82) is 0 Å². The molecule has 132 valence electrons. The zero-order valence-electron chi connectivity index (χ0n) is 14.6. The molecule has 0 saturated carbocycles. The molecular weight excluding hydrogens is 328 g/mol. The fourth-order valence-electron chi connectivity index (χ4n) is 3.16. The van der Waals surface area contributed by atoms with Crippen LogP contribution in [0.25, 0.3) is 11.0 Å². The number of benzene rings is 2. The first-order chi connectivity index (χ1) is 12.7. The molecule has 0 radical (unpaired) electrons. The van der Waals surface area contributed by atoms with E-state index in [-0.39, 0.29) is 5.91 Å². The quantitative estimate of drug-likeness (QED) is 0.782. The van der Waals surface area contributed by atoms with Crippen molar-refractivity contribution in [1.82, 2.24) is 9.97 Å². The Balaban J connectivity index is 1.70. The molecule has 1 aliphatic heterocycles. The first kappa shape index (κ1) is 16.3. The van der Waals surface area contributed by atoms with E-state index in [2.05, 4.69) is 15.2 Å². The molecule has 1 N–H and O–H groups in total. The molecule has 1 fully saturated rings. The Morgan fingerprint density at radius 3 is 2.31 bits per heavy atom. The van der Waals surface area contributed by atoms with Crippen LogP contribution in [0.2, 0.25) is 0 Å². The smallest absolute Gasteiger partial charge is 0.278 e. The number of carbonyl (C=O) groups is 1. The summed E-state index contributed by atoms with van der Waals surface area (Å²) in [6.45, 7) is 1.80. The first-order valence-electron chi connectivity index (χ1n) is 8.72. The molecular formula is C20H20N4O2. The van der Waals surface area contributed by atoms with Crippen LogP contribution < -0.4 is 15.0 Å².